The van der Waals surface area contributed by atoms with Crippen LogP contribution in [0, 0.1) is 29.9 Å². The molecule has 0 atom stereocenters. The molecule has 0 aliphatic heterocycles. The smallest absolute Gasteiger partial charge is 0.160 e. The SMILES string of the molecule is Cc1nn(-c2ccc(F)c(F)c2)cc1CC#N. The zero-order valence-corrected chi connectivity index (χ0v) is 9.11. The van der Waals surface area contributed by atoms with Crippen molar-refractivity contribution >= 4 is 0 Å². The van der Waals surface area contributed by atoms with Gasteiger partial charge in [-0.25, -0.2) is 13.5 Å². The van der Waals surface area contributed by atoms with Crippen LogP contribution in [0.15, 0.2) is 24.4 Å². The van der Waals surface area contributed by atoms with Crippen LogP contribution >= 0.6 is 0 Å². The second-order valence-corrected chi connectivity index (χ2v) is 3.62. The van der Waals surface area contributed by atoms with Crippen molar-refractivity contribution in [3.63, 3.8) is 0 Å². The van der Waals surface area contributed by atoms with E-state index in [1.165, 1.54) is 10.7 Å². The highest BCUT2D eigenvalue weighted by Gasteiger charge is 2.08. The van der Waals surface area contributed by atoms with Crippen molar-refractivity contribution in [1.82, 2.24) is 9.78 Å². The predicted octanol–water partition coefficient (Wildman–Crippen LogP) is 2.53. The summed E-state index contributed by atoms with van der Waals surface area (Å²) in [5.74, 6) is -1.81. The molecule has 86 valence electrons. The van der Waals surface area contributed by atoms with E-state index in [1.807, 2.05) is 6.07 Å². The van der Waals surface area contributed by atoms with E-state index in [2.05, 4.69) is 5.10 Å². The largest absolute Gasteiger partial charge is 0.240 e. The molecule has 0 N–H and O–H groups in total. The van der Waals surface area contributed by atoms with Gasteiger partial charge in [0.2, 0.25) is 0 Å². The zero-order chi connectivity index (χ0) is 12.4. The van der Waals surface area contributed by atoms with Gasteiger partial charge >= 0.3 is 0 Å². The Bertz CT molecular complexity index is 596. The molecule has 5 heteroatoms. The lowest BCUT2D eigenvalue weighted by Crippen LogP contribution is -1.96. The topological polar surface area (TPSA) is 41.6 Å². The number of hydrogen-bond donors (Lipinski definition) is 0. The van der Waals surface area contributed by atoms with Gasteiger partial charge in [0.25, 0.3) is 0 Å². The third-order valence-corrected chi connectivity index (χ3v) is 2.44. The summed E-state index contributed by atoms with van der Waals surface area (Å²) >= 11 is 0. The van der Waals surface area contributed by atoms with Crippen molar-refractivity contribution in [2.45, 2.75) is 13.3 Å². The molecule has 0 saturated heterocycles. The van der Waals surface area contributed by atoms with Crippen LogP contribution in [0.1, 0.15) is 11.3 Å². The summed E-state index contributed by atoms with van der Waals surface area (Å²) in [5.41, 5.74) is 1.91. The third-order valence-electron chi connectivity index (χ3n) is 2.44. The van der Waals surface area contributed by atoms with Crippen LogP contribution in [0.25, 0.3) is 5.69 Å². The molecule has 0 amide bonds. The van der Waals surface area contributed by atoms with Crippen LogP contribution in [0.2, 0.25) is 0 Å². The monoisotopic (exact) mass is 233 g/mol. The first-order chi connectivity index (χ1) is 8.11. The van der Waals surface area contributed by atoms with Crippen molar-refractivity contribution < 1.29 is 8.78 Å². The van der Waals surface area contributed by atoms with E-state index in [0.29, 0.717) is 11.4 Å². The van der Waals surface area contributed by atoms with Crippen molar-refractivity contribution in [3.05, 3.63) is 47.3 Å². The molecular formula is C12H9F2N3. The van der Waals surface area contributed by atoms with Gasteiger partial charge in [0.1, 0.15) is 0 Å². The summed E-state index contributed by atoms with van der Waals surface area (Å²) in [4.78, 5) is 0. The normalized spacial score (nSPS) is 10.2. The van der Waals surface area contributed by atoms with Gasteiger partial charge in [-0.3, -0.25) is 0 Å². The van der Waals surface area contributed by atoms with Crippen LogP contribution in [-0.2, 0) is 6.42 Å². The number of nitriles is 1. The minimum atomic E-state index is -0.919. The highest BCUT2D eigenvalue weighted by Crippen LogP contribution is 2.15. The fraction of sp³-hybridized carbons (Fsp3) is 0.167. The molecule has 1 aromatic heterocycles. The Balaban J connectivity index is 2.43. The zero-order valence-electron chi connectivity index (χ0n) is 9.11. The maximum atomic E-state index is 13.1. The number of hydrogen-bond acceptors (Lipinski definition) is 2. The standard InChI is InChI=1S/C12H9F2N3/c1-8-9(4-5-15)7-17(16-8)10-2-3-11(13)12(14)6-10/h2-3,6-7H,4H2,1H3. The maximum Gasteiger partial charge on any atom is 0.160 e. The molecule has 0 radical (unpaired) electrons. The van der Waals surface area contributed by atoms with Gasteiger partial charge < -0.3 is 0 Å². The molecule has 0 fully saturated rings. The van der Waals surface area contributed by atoms with E-state index in [4.69, 9.17) is 5.26 Å². The quantitative estimate of drug-likeness (QED) is 0.799. The van der Waals surface area contributed by atoms with Gasteiger partial charge in [-0.15, -0.1) is 0 Å². The fourth-order valence-corrected chi connectivity index (χ4v) is 1.51. The lowest BCUT2D eigenvalue weighted by molar-refractivity contribution is 0.507. The van der Waals surface area contributed by atoms with Crippen molar-refractivity contribution in [2.24, 2.45) is 0 Å². The highest BCUT2D eigenvalue weighted by atomic mass is 19.2. The Hall–Kier alpha value is -2.22. The molecular weight excluding hydrogens is 224 g/mol. The van der Waals surface area contributed by atoms with E-state index in [9.17, 15) is 8.78 Å². The van der Waals surface area contributed by atoms with Crippen LogP contribution in [0.4, 0.5) is 8.78 Å². The summed E-state index contributed by atoms with van der Waals surface area (Å²) < 4.78 is 27.3. The Labute approximate surface area is 96.9 Å². The fourth-order valence-electron chi connectivity index (χ4n) is 1.51. The van der Waals surface area contributed by atoms with Gasteiger partial charge in [0.15, 0.2) is 11.6 Å². The number of rotatable bonds is 2. The van der Waals surface area contributed by atoms with Crippen molar-refractivity contribution in [3.8, 4) is 11.8 Å². The Morgan fingerprint density at radius 1 is 1.35 bits per heavy atom. The number of benzene rings is 1. The molecule has 0 bridgehead atoms. The van der Waals surface area contributed by atoms with Gasteiger partial charge in [-0.2, -0.15) is 10.4 Å². The molecule has 3 nitrogen and oxygen atoms in total. The molecule has 2 rings (SSSR count). The number of aryl methyl sites for hydroxylation is 1. The third kappa shape index (κ3) is 2.16. The van der Waals surface area contributed by atoms with E-state index >= 15 is 0 Å². The van der Waals surface area contributed by atoms with E-state index in [0.717, 1.165) is 17.7 Å². The summed E-state index contributed by atoms with van der Waals surface area (Å²) in [6, 6.07) is 5.57. The van der Waals surface area contributed by atoms with Gasteiger partial charge in [-0.1, -0.05) is 0 Å². The Kier molecular flexibility index (Phi) is 2.88. The number of aromatic nitrogens is 2. The molecule has 0 aliphatic carbocycles. The Morgan fingerprint density at radius 2 is 2.12 bits per heavy atom. The highest BCUT2D eigenvalue weighted by molar-refractivity contribution is 5.34. The number of nitrogens with zero attached hydrogens (tertiary/aromatic N) is 3. The lowest BCUT2D eigenvalue weighted by atomic mass is 10.2. The van der Waals surface area contributed by atoms with Crippen LogP contribution < -0.4 is 0 Å². The second kappa shape index (κ2) is 4.34. The van der Waals surface area contributed by atoms with Crippen LogP contribution in [0.3, 0.4) is 0 Å². The summed E-state index contributed by atoms with van der Waals surface area (Å²) in [7, 11) is 0. The van der Waals surface area contributed by atoms with Crippen molar-refractivity contribution in [2.75, 3.05) is 0 Å². The molecule has 0 saturated carbocycles. The minimum Gasteiger partial charge on any atom is -0.240 e. The molecule has 17 heavy (non-hydrogen) atoms. The van der Waals surface area contributed by atoms with Gasteiger partial charge in [0, 0.05) is 17.8 Å². The summed E-state index contributed by atoms with van der Waals surface area (Å²) in [5, 5.41) is 12.8. The van der Waals surface area contributed by atoms with E-state index in [1.54, 1.807) is 13.1 Å². The number of halogens is 2. The molecule has 2 aromatic rings. The molecule has 1 aromatic carbocycles. The molecule has 0 unspecified atom stereocenters. The van der Waals surface area contributed by atoms with E-state index in [-0.39, 0.29) is 6.42 Å². The molecule has 1 heterocycles. The minimum absolute atomic E-state index is 0.246. The van der Waals surface area contributed by atoms with Gasteiger partial charge in [0.05, 0.1) is 23.9 Å². The first kappa shape index (κ1) is 11.3. The average Bonchev–Trinajstić information content (AvgIpc) is 2.65. The lowest BCUT2D eigenvalue weighted by Gasteiger charge is -2.01. The van der Waals surface area contributed by atoms with Gasteiger partial charge in [-0.05, 0) is 19.1 Å². The summed E-state index contributed by atoms with van der Waals surface area (Å²) in [6.45, 7) is 1.77. The predicted molar refractivity (Wildman–Crippen MR) is 57.5 cm³/mol. The first-order valence-corrected chi connectivity index (χ1v) is 4.99. The summed E-state index contributed by atoms with van der Waals surface area (Å²) in [6.07, 6.45) is 1.89. The van der Waals surface area contributed by atoms with Crippen molar-refractivity contribution in [1.29, 1.82) is 5.26 Å². The average molecular weight is 233 g/mol. The van der Waals surface area contributed by atoms with E-state index < -0.39 is 11.6 Å². The van der Waals surface area contributed by atoms with Crippen LogP contribution in [0.5, 0.6) is 0 Å². The first-order valence-electron chi connectivity index (χ1n) is 4.99. The molecule has 0 spiro atoms. The second-order valence-electron chi connectivity index (χ2n) is 3.62. The van der Waals surface area contributed by atoms with Crippen LogP contribution in [-0.4, -0.2) is 9.78 Å². The molecule has 0 aliphatic rings. The maximum absolute atomic E-state index is 13.1. The Morgan fingerprint density at radius 3 is 2.76 bits per heavy atom.